The Morgan fingerprint density at radius 2 is 2.10 bits per heavy atom. The zero-order chi connectivity index (χ0) is 14.4. The summed E-state index contributed by atoms with van der Waals surface area (Å²) in [6, 6.07) is 9.34. The Balaban J connectivity index is 2.05. The Kier molecular flexibility index (Phi) is 5.07. The van der Waals surface area contributed by atoms with Crippen LogP contribution >= 0.6 is 0 Å². The van der Waals surface area contributed by atoms with Crippen molar-refractivity contribution in [2.75, 3.05) is 0 Å². The van der Waals surface area contributed by atoms with E-state index in [1.165, 1.54) is 12.3 Å². The summed E-state index contributed by atoms with van der Waals surface area (Å²) in [5, 5.41) is 0. The van der Waals surface area contributed by atoms with Crippen LogP contribution in [0.2, 0.25) is 0 Å². The average Bonchev–Trinajstić information content (AvgIpc) is 2.46. The molecule has 1 atom stereocenters. The van der Waals surface area contributed by atoms with E-state index >= 15 is 0 Å². The molecule has 0 bridgehead atoms. The number of nitrogens with zero attached hydrogens (tertiary/aromatic N) is 1. The predicted molar refractivity (Wildman–Crippen MR) is 76.9 cm³/mol. The highest BCUT2D eigenvalue weighted by molar-refractivity contribution is 5.34. The molecule has 0 aliphatic rings. The van der Waals surface area contributed by atoms with Gasteiger partial charge in [0.25, 0.3) is 0 Å². The van der Waals surface area contributed by atoms with E-state index in [2.05, 4.69) is 11.9 Å². The van der Waals surface area contributed by atoms with Gasteiger partial charge < -0.3 is 10.5 Å². The van der Waals surface area contributed by atoms with Gasteiger partial charge >= 0.3 is 0 Å². The first-order valence-corrected chi connectivity index (χ1v) is 6.74. The highest BCUT2D eigenvalue weighted by atomic mass is 19.1. The third-order valence-electron chi connectivity index (χ3n) is 3.13. The van der Waals surface area contributed by atoms with Crippen molar-refractivity contribution >= 4 is 0 Å². The molecule has 2 N–H and O–H groups in total. The maximum atomic E-state index is 13.1. The van der Waals surface area contributed by atoms with Crippen molar-refractivity contribution in [1.82, 2.24) is 4.98 Å². The number of hydrogen-bond donors (Lipinski definition) is 1. The van der Waals surface area contributed by atoms with Crippen LogP contribution in [0.3, 0.4) is 0 Å². The summed E-state index contributed by atoms with van der Waals surface area (Å²) >= 11 is 0. The summed E-state index contributed by atoms with van der Waals surface area (Å²) in [6.45, 7) is 2.36. The van der Waals surface area contributed by atoms with E-state index in [0.29, 0.717) is 12.2 Å². The maximum absolute atomic E-state index is 13.1. The molecule has 0 fully saturated rings. The Labute approximate surface area is 118 Å². The minimum atomic E-state index is -0.354. The lowest BCUT2D eigenvalue weighted by Crippen LogP contribution is -2.21. The summed E-state index contributed by atoms with van der Waals surface area (Å²) in [6.07, 6.45) is 4.47. The molecule has 2 aromatic rings. The highest BCUT2D eigenvalue weighted by Crippen LogP contribution is 2.21. The number of halogens is 1. The normalized spacial score (nSPS) is 12.2. The van der Waals surface area contributed by atoms with Crippen LogP contribution in [0.1, 0.15) is 24.5 Å². The fourth-order valence-corrected chi connectivity index (χ4v) is 1.94. The van der Waals surface area contributed by atoms with Crippen LogP contribution in [0.25, 0.3) is 0 Å². The molecule has 0 amide bonds. The van der Waals surface area contributed by atoms with Crippen LogP contribution in [0.5, 0.6) is 5.75 Å². The van der Waals surface area contributed by atoms with E-state index in [-0.39, 0.29) is 11.9 Å². The van der Waals surface area contributed by atoms with Crippen molar-refractivity contribution in [2.45, 2.75) is 32.4 Å². The number of hydrogen-bond acceptors (Lipinski definition) is 3. The fraction of sp³-hybridized carbons (Fsp3) is 0.312. The van der Waals surface area contributed by atoms with E-state index in [1.54, 1.807) is 6.20 Å². The quantitative estimate of drug-likeness (QED) is 0.880. The van der Waals surface area contributed by atoms with Crippen LogP contribution in [-0.4, -0.2) is 11.0 Å². The van der Waals surface area contributed by atoms with Crippen molar-refractivity contribution in [3.05, 3.63) is 59.7 Å². The molecule has 0 spiro atoms. The van der Waals surface area contributed by atoms with Gasteiger partial charge in [0.15, 0.2) is 0 Å². The smallest absolute Gasteiger partial charge is 0.141 e. The van der Waals surface area contributed by atoms with Gasteiger partial charge in [-0.15, -0.1) is 0 Å². The summed E-state index contributed by atoms with van der Waals surface area (Å²) in [5.41, 5.74) is 7.77. The summed E-state index contributed by atoms with van der Waals surface area (Å²) in [7, 11) is 0. The van der Waals surface area contributed by atoms with Gasteiger partial charge in [0.05, 0.1) is 6.20 Å². The molecule has 1 heterocycles. The van der Waals surface area contributed by atoms with Crippen molar-refractivity contribution in [1.29, 1.82) is 0 Å². The Morgan fingerprint density at radius 1 is 1.30 bits per heavy atom. The molecule has 1 aromatic carbocycles. The van der Waals surface area contributed by atoms with E-state index in [0.717, 1.165) is 24.2 Å². The molecule has 0 aliphatic heterocycles. The van der Waals surface area contributed by atoms with Gasteiger partial charge in [0.2, 0.25) is 0 Å². The molecule has 0 saturated heterocycles. The van der Waals surface area contributed by atoms with Crippen molar-refractivity contribution in [2.24, 2.45) is 5.73 Å². The molecule has 2 rings (SSSR count). The van der Waals surface area contributed by atoms with Crippen LogP contribution in [0.15, 0.2) is 42.7 Å². The van der Waals surface area contributed by atoms with Gasteiger partial charge in [-0.3, -0.25) is 4.98 Å². The van der Waals surface area contributed by atoms with E-state index in [9.17, 15) is 4.39 Å². The molecule has 106 valence electrons. The van der Waals surface area contributed by atoms with Gasteiger partial charge in [-0.05, 0) is 30.5 Å². The number of benzene rings is 1. The number of ether oxygens (including phenoxy) is 1. The van der Waals surface area contributed by atoms with Gasteiger partial charge in [-0.25, -0.2) is 4.39 Å². The summed E-state index contributed by atoms with van der Waals surface area (Å²) in [4.78, 5) is 3.81. The van der Waals surface area contributed by atoms with E-state index in [1.807, 2.05) is 24.3 Å². The minimum absolute atomic E-state index is 0.121. The molecule has 3 nitrogen and oxygen atoms in total. The van der Waals surface area contributed by atoms with Crippen molar-refractivity contribution < 1.29 is 9.13 Å². The third kappa shape index (κ3) is 4.03. The molecule has 4 heteroatoms. The second-order valence-corrected chi connectivity index (χ2v) is 4.78. The first kappa shape index (κ1) is 14.5. The molecular weight excluding hydrogens is 255 g/mol. The molecule has 1 unspecified atom stereocenters. The van der Waals surface area contributed by atoms with Crippen LogP contribution < -0.4 is 10.5 Å². The van der Waals surface area contributed by atoms with E-state index < -0.39 is 0 Å². The zero-order valence-corrected chi connectivity index (χ0v) is 11.6. The Bertz CT molecular complexity index is 560. The third-order valence-corrected chi connectivity index (χ3v) is 3.13. The lowest BCUT2D eigenvalue weighted by Gasteiger charge is -2.14. The Morgan fingerprint density at radius 3 is 2.85 bits per heavy atom. The summed E-state index contributed by atoms with van der Waals surface area (Å²) in [5.74, 6) is 0.438. The van der Waals surface area contributed by atoms with Crippen LogP contribution in [0, 0.1) is 5.82 Å². The van der Waals surface area contributed by atoms with Crippen LogP contribution in [0.4, 0.5) is 4.39 Å². The minimum Gasteiger partial charge on any atom is -0.489 e. The zero-order valence-electron chi connectivity index (χ0n) is 11.6. The second-order valence-electron chi connectivity index (χ2n) is 4.78. The average molecular weight is 274 g/mol. The van der Waals surface area contributed by atoms with Crippen LogP contribution in [-0.2, 0) is 13.0 Å². The van der Waals surface area contributed by atoms with Crippen molar-refractivity contribution in [3.63, 3.8) is 0 Å². The number of aromatic nitrogens is 1. The topological polar surface area (TPSA) is 48.1 Å². The molecule has 0 radical (unpaired) electrons. The molecule has 20 heavy (non-hydrogen) atoms. The molecule has 0 aliphatic carbocycles. The second kappa shape index (κ2) is 7.01. The molecule has 0 saturated carbocycles. The highest BCUT2D eigenvalue weighted by Gasteiger charge is 2.07. The SMILES string of the molecule is CCC(N)Cc1ccccc1OCc1cncc(F)c1. The fourth-order valence-electron chi connectivity index (χ4n) is 1.94. The maximum Gasteiger partial charge on any atom is 0.141 e. The predicted octanol–water partition coefficient (Wildman–Crippen LogP) is 3.08. The van der Waals surface area contributed by atoms with Gasteiger partial charge in [0.1, 0.15) is 18.2 Å². The first-order valence-electron chi connectivity index (χ1n) is 6.74. The first-order chi connectivity index (χ1) is 9.69. The Hall–Kier alpha value is -1.94. The van der Waals surface area contributed by atoms with Gasteiger partial charge in [-0.1, -0.05) is 25.1 Å². The van der Waals surface area contributed by atoms with Gasteiger partial charge in [-0.2, -0.15) is 0 Å². The largest absolute Gasteiger partial charge is 0.489 e. The monoisotopic (exact) mass is 274 g/mol. The van der Waals surface area contributed by atoms with Gasteiger partial charge in [0, 0.05) is 17.8 Å². The number of nitrogens with two attached hydrogens (primary N) is 1. The van der Waals surface area contributed by atoms with Crippen molar-refractivity contribution in [3.8, 4) is 5.75 Å². The lowest BCUT2D eigenvalue weighted by atomic mass is 10.0. The lowest BCUT2D eigenvalue weighted by molar-refractivity contribution is 0.301. The molecule has 1 aromatic heterocycles. The number of pyridine rings is 1. The standard InChI is InChI=1S/C16H19FN2O/c1-2-15(18)8-13-5-3-4-6-16(13)20-11-12-7-14(17)10-19-9-12/h3-7,9-10,15H,2,8,11,18H2,1H3. The van der Waals surface area contributed by atoms with E-state index in [4.69, 9.17) is 10.5 Å². The number of para-hydroxylation sites is 1. The molecular formula is C16H19FN2O. The number of rotatable bonds is 6. The summed E-state index contributed by atoms with van der Waals surface area (Å²) < 4.78 is 18.8.